The van der Waals surface area contributed by atoms with E-state index in [1.165, 1.54) is 130 Å². The predicted molar refractivity (Wildman–Crippen MR) is 318 cm³/mol. The van der Waals surface area contributed by atoms with Crippen LogP contribution in [0, 0.1) is 0 Å². The fourth-order valence-electron chi connectivity index (χ4n) is 9.46. The summed E-state index contributed by atoms with van der Waals surface area (Å²) in [5.41, 5.74) is 5.49. The zero-order valence-corrected chi connectivity index (χ0v) is 52.9. The summed E-state index contributed by atoms with van der Waals surface area (Å²) in [5, 5.41) is 42.6. The molecule has 0 aromatic heterocycles. The van der Waals surface area contributed by atoms with E-state index in [1.807, 2.05) is 0 Å². The molecule has 85 heavy (non-hydrogen) atoms. The molecule has 0 radical (unpaired) electrons. The van der Waals surface area contributed by atoms with E-state index < -0.39 is 149 Å². The van der Waals surface area contributed by atoms with E-state index in [2.05, 4.69) is 40.4 Å². The highest BCUT2D eigenvalue weighted by atomic mass is 31.2. The lowest BCUT2D eigenvalue weighted by atomic mass is 9.96. The standard InChI is InChI=1S/C59H109N6O19P/c1-7-9-11-13-15-17-19-21-23-25-27-29-31-33-50(69)79-40-46(83-51(70)34-32-30-28-26-24-22-20-18-16-14-12-10-8-2)41-81-85(77,78)80-38-37-61-56(73)42(3)62-49(68)36-35-47(55(60)72)65-57(74)43(4)63-58(75)44(5)82-54-52(64-45(6)67)59(76)84-48(39-66)53(54)71/h42-44,46-48,52-54,59,66,71,76H,7-41H2,1-6H3,(H2,60,72)(H,61,73)(H,62,68)(H,63,75)(H,64,67)(H,65,74)(H,77,78)/t42-,43-,44+,46+,47+,48+,52+,53+,54+,59?/m0/s1. The van der Waals surface area contributed by atoms with Gasteiger partial charge in [-0.3, -0.25) is 47.4 Å². The van der Waals surface area contributed by atoms with Crippen molar-refractivity contribution in [3.05, 3.63) is 0 Å². The Kier molecular flexibility index (Phi) is 44.2. The van der Waals surface area contributed by atoms with Gasteiger partial charge in [-0.25, -0.2) is 4.57 Å². The van der Waals surface area contributed by atoms with Crippen molar-refractivity contribution in [2.45, 2.75) is 295 Å². The van der Waals surface area contributed by atoms with Crippen LogP contribution in [0.1, 0.15) is 234 Å². The van der Waals surface area contributed by atoms with E-state index in [0.29, 0.717) is 12.8 Å². The van der Waals surface area contributed by atoms with Gasteiger partial charge in [0, 0.05) is 32.7 Å². The Morgan fingerprint density at radius 1 is 0.612 bits per heavy atom. The number of aliphatic hydroxyl groups is 3. The molecular formula is C59H109N6O19P. The number of carbonyl (C=O) groups excluding carboxylic acids is 8. The largest absolute Gasteiger partial charge is 0.472 e. The second-order valence-corrected chi connectivity index (χ2v) is 23.9. The van der Waals surface area contributed by atoms with Crippen LogP contribution in [0.2, 0.25) is 0 Å². The number of amides is 6. The topological polar surface area (TPSA) is 376 Å². The van der Waals surface area contributed by atoms with Gasteiger partial charge in [0.15, 0.2) is 12.4 Å². The molecule has 11 N–H and O–H groups in total. The summed E-state index contributed by atoms with van der Waals surface area (Å²) in [6.45, 7) is 6.89. The lowest BCUT2D eigenvalue weighted by Crippen LogP contribution is -2.65. The number of nitrogens with two attached hydrogens (primary N) is 1. The van der Waals surface area contributed by atoms with Crippen molar-refractivity contribution in [2.24, 2.45) is 5.73 Å². The van der Waals surface area contributed by atoms with Gasteiger partial charge in [-0.05, 0) is 40.0 Å². The second kappa shape index (κ2) is 47.7. The summed E-state index contributed by atoms with van der Waals surface area (Å²) >= 11 is 0. The third-order valence-corrected chi connectivity index (χ3v) is 15.6. The summed E-state index contributed by atoms with van der Waals surface area (Å²) in [6, 6.07) is -5.19. The first kappa shape index (κ1) is 78.7. The van der Waals surface area contributed by atoms with Gasteiger partial charge in [-0.2, -0.15) is 0 Å². The number of ether oxygens (including phenoxy) is 4. The van der Waals surface area contributed by atoms with Gasteiger partial charge < -0.3 is 71.5 Å². The van der Waals surface area contributed by atoms with Crippen molar-refractivity contribution >= 4 is 55.2 Å². The molecule has 1 fully saturated rings. The van der Waals surface area contributed by atoms with Crippen LogP contribution >= 0.6 is 7.82 Å². The molecule has 1 saturated heterocycles. The third-order valence-electron chi connectivity index (χ3n) is 14.6. The van der Waals surface area contributed by atoms with Gasteiger partial charge in [-0.15, -0.1) is 0 Å². The average molecular weight is 1240 g/mol. The molecule has 1 aliphatic rings. The molecule has 6 amide bonds. The molecule has 2 unspecified atom stereocenters. The number of esters is 2. The van der Waals surface area contributed by atoms with Crippen LogP contribution in [0.3, 0.4) is 0 Å². The first-order valence-corrected chi connectivity index (χ1v) is 33.0. The highest BCUT2D eigenvalue weighted by Crippen LogP contribution is 2.43. The molecule has 0 aromatic rings. The number of rotatable bonds is 52. The van der Waals surface area contributed by atoms with Crippen LogP contribution in [0.4, 0.5) is 0 Å². The quantitative estimate of drug-likeness (QED) is 0.0196. The van der Waals surface area contributed by atoms with Crippen molar-refractivity contribution in [3.63, 3.8) is 0 Å². The molecule has 0 bridgehead atoms. The smallest absolute Gasteiger partial charge is 0.462 e. The number of phosphoric acid groups is 1. The fraction of sp³-hybridized carbons (Fsp3) is 0.864. The van der Waals surface area contributed by atoms with Crippen LogP contribution in [0.25, 0.3) is 0 Å². The number of aliphatic hydroxyl groups excluding tert-OH is 3. The molecule has 494 valence electrons. The molecule has 26 heteroatoms. The fourth-order valence-corrected chi connectivity index (χ4v) is 10.2. The predicted octanol–water partition coefficient (Wildman–Crippen LogP) is 5.76. The Hall–Kier alpha value is -4.33. The van der Waals surface area contributed by atoms with Crippen molar-refractivity contribution in [1.82, 2.24) is 26.6 Å². The van der Waals surface area contributed by atoms with Gasteiger partial charge in [0.05, 0.1) is 19.8 Å². The van der Waals surface area contributed by atoms with Crippen LogP contribution in [-0.2, 0) is 70.9 Å². The summed E-state index contributed by atoms with van der Waals surface area (Å²) in [7, 11) is -4.80. The average Bonchev–Trinajstić information content (AvgIpc) is 2.45. The van der Waals surface area contributed by atoms with Crippen LogP contribution in [-0.4, -0.2) is 162 Å². The van der Waals surface area contributed by atoms with Crippen molar-refractivity contribution in [1.29, 1.82) is 0 Å². The third kappa shape index (κ3) is 38.5. The van der Waals surface area contributed by atoms with E-state index in [-0.39, 0.29) is 25.8 Å². The number of phosphoric ester groups is 1. The minimum atomic E-state index is -4.80. The van der Waals surface area contributed by atoms with E-state index in [9.17, 15) is 63.1 Å². The molecule has 0 aliphatic carbocycles. The highest BCUT2D eigenvalue weighted by molar-refractivity contribution is 7.47. The highest BCUT2D eigenvalue weighted by Gasteiger charge is 2.47. The van der Waals surface area contributed by atoms with Crippen LogP contribution < -0.4 is 32.3 Å². The SMILES string of the molecule is CCCCCCCCCCCCCCCC(=O)OC[C@H](COP(=O)(O)OCCNC(=O)[C@H](C)NC(=O)CC[C@@H](NC(=O)[C@H](C)NC(=O)[C@@H](C)O[C@H]1[C@H](O)[C@@H](CO)OC(O)[C@@H]1NC(C)=O)C(N)=O)OC(=O)CCCCCCCCCCCCCCC. The summed E-state index contributed by atoms with van der Waals surface area (Å²) in [5.74, 6) is -5.88. The van der Waals surface area contributed by atoms with Gasteiger partial charge in [0.1, 0.15) is 55.2 Å². The lowest BCUT2D eigenvalue weighted by Gasteiger charge is -2.43. The molecular weight excluding hydrogens is 1130 g/mol. The number of unbranched alkanes of at least 4 members (excludes halogenated alkanes) is 24. The maximum Gasteiger partial charge on any atom is 0.472 e. The number of hydrogen-bond donors (Lipinski definition) is 10. The minimum Gasteiger partial charge on any atom is -0.462 e. The Balaban J connectivity index is 2.62. The van der Waals surface area contributed by atoms with Crippen molar-refractivity contribution in [3.8, 4) is 0 Å². The van der Waals surface area contributed by atoms with Gasteiger partial charge >= 0.3 is 19.8 Å². The number of primary amides is 1. The Labute approximate surface area is 505 Å². The van der Waals surface area contributed by atoms with Gasteiger partial charge in [-0.1, -0.05) is 168 Å². The van der Waals surface area contributed by atoms with Gasteiger partial charge in [0.2, 0.25) is 35.4 Å². The maximum atomic E-state index is 13.0. The normalized spacial score (nSPS) is 19.2. The van der Waals surface area contributed by atoms with Crippen molar-refractivity contribution in [2.75, 3.05) is 33.0 Å². The molecule has 25 nitrogen and oxygen atoms in total. The zero-order chi connectivity index (χ0) is 63.4. The number of carbonyl (C=O) groups is 8. The number of hydrogen-bond acceptors (Lipinski definition) is 18. The first-order valence-electron chi connectivity index (χ1n) is 31.5. The van der Waals surface area contributed by atoms with E-state index >= 15 is 0 Å². The van der Waals surface area contributed by atoms with Crippen LogP contribution in [0.5, 0.6) is 0 Å². The van der Waals surface area contributed by atoms with E-state index in [4.69, 9.17) is 33.7 Å². The Bertz CT molecular complexity index is 1960. The minimum absolute atomic E-state index is 0.110. The monoisotopic (exact) mass is 1240 g/mol. The molecule has 0 aromatic carbocycles. The molecule has 11 atom stereocenters. The number of nitrogens with one attached hydrogen (secondary N) is 5. The molecule has 1 aliphatic heterocycles. The van der Waals surface area contributed by atoms with Crippen molar-refractivity contribution < 1.29 is 91.1 Å². The zero-order valence-electron chi connectivity index (χ0n) is 52.0. The first-order chi connectivity index (χ1) is 40.5. The maximum absolute atomic E-state index is 13.0. The Morgan fingerprint density at radius 2 is 1.09 bits per heavy atom. The lowest BCUT2D eigenvalue weighted by molar-refractivity contribution is -0.266. The summed E-state index contributed by atoms with van der Waals surface area (Å²) in [4.78, 5) is 112. The van der Waals surface area contributed by atoms with Crippen LogP contribution in [0.15, 0.2) is 0 Å². The summed E-state index contributed by atoms with van der Waals surface area (Å²) < 4.78 is 44.8. The Morgan fingerprint density at radius 3 is 1.58 bits per heavy atom. The molecule has 1 heterocycles. The van der Waals surface area contributed by atoms with Gasteiger partial charge in [0.25, 0.3) is 0 Å². The molecule has 0 spiro atoms. The molecule has 1 rings (SSSR count). The van der Waals surface area contributed by atoms with E-state index in [1.54, 1.807) is 0 Å². The molecule has 0 saturated carbocycles. The van der Waals surface area contributed by atoms with E-state index in [0.717, 1.165) is 51.9 Å². The summed E-state index contributed by atoms with van der Waals surface area (Å²) in [6.07, 6.45) is 20.8. The second-order valence-electron chi connectivity index (χ2n) is 22.4.